The molecule has 0 aromatic rings. The molecule has 0 saturated heterocycles. The van der Waals surface area contributed by atoms with E-state index in [1.165, 1.54) is 7.11 Å². The van der Waals surface area contributed by atoms with Gasteiger partial charge in [-0.2, -0.15) is 0 Å². The van der Waals surface area contributed by atoms with Crippen molar-refractivity contribution in [2.24, 2.45) is 0 Å². The van der Waals surface area contributed by atoms with Crippen molar-refractivity contribution in [2.45, 2.75) is 18.9 Å². The predicted molar refractivity (Wildman–Crippen MR) is 53.4 cm³/mol. The first-order valence-corrected chi connectivity index (χ1v) is 4.84. The molecule has 0 saturated carbocycles. The quantitative estimate of drug-likeness (QED) is 0.524. The largest absolute Gasteiger partial charge is 0.480 e. The van der Waals surface area contributed by atoms with Gasteiger partial charge in [-0.15, -0.1) is 0 Å². The van der Waals surface area contributed by atoms with Crippen LogP contribution in [0.5, 0.6) is 0 Å². The average molecular weight is 213 g/mol. The Bertz CT molecular complexity index is 267. The highest BCUT2D eigenvalue weighted by Gasteiger charge is 2.26. The number of hydrogen-bond donors (Lipinski definition) is 1. The van der Waals surface area contributed by atoms with Gasteiger partial charge in [-0.1, -0.05) is 12.2 Å². The summed E-state index contributed by atoms with van der Waals surface area (Å²) in [5, 5.41) is 9.00. The molecular weight excluding hydrogens is 198 g/mol. The minimum Gasteiger partial charge on any atom is -0.480 e. The van der Waals surface area contributed by atoms with E-state index >= 15 is 0 Å². The molecule has 0 amide bonds. The summed E-state index contributed by atoms with van der Waals surface area (Å²) in [6.45, 7) is 1.27. The van der Waals surface area contributed by atoms with E-state index in [2.05, 4.69) is 4.74 Å². The van der Waals surface area contributed by atoms with E-state index in [9.17, 15) is 9.59 Å². The van der Waals surface area contributed by atoms with Gasteiger partial charge in [0.25, 0.3) is 0 Å². The number of carboxylic acid groups (broad SMARTS) is 1. The van der Waals surface area contributed by atoms with Crippen LogP contribution in [-0.4, -0.2) is 48.2 Å². The zero-order valence-corrected chi connectivity index (χ0v) is 8.68. The Morgan fingerprint density at radius 2 is 2.07 bits per heavy atom. The zero-order valence-electron chi connectivity index (χ0n) is 8.68. The minimum absolute atomic E-state index is 0.143. The Hall–Kier alpha value is -1.36. The maximum atomic E-state index is 11.0. The number of aliphatic carboxylic acids is 1. The van der Waals surface area contributed by atoms with Gasteiger partial charge in [0, 0.05) is 19.5 Å². The lowest BCUT2D eigenvalue weighted by atomic mass is 10.1. The fraction of sp³-hybridized carbons (Fsp3) is 0.600. The fourth-order valence-electron chi connectivity index (χ4n) is 1.57. The van der Waals surface area contributed by atoms with Crippen LogP contribution < -0.4 is 0 Å². The monoisotopic (exact) mass is 213 g/mol. The number of carboxylic acids is 1. The van der Waals surface area contributed by atoms with E-state index in [1.807, 2.05) is 17.1 Å². The smallest absolute Gasteiger partial charge is 0.320 e. The van der Waals surface area contributed by atoms with Crippen molar-refractivity contribution >= 4 is 11.9 Å². The second-order valence-electron chi connectivity index (χ2n) is 3.39. The van der Waals surface area contributed by atoms with Gasteiger partial charge in [-0.05, 0) is 6.42 Å². The maximum absolute atomic E-state index is 11.0. The number of rotatable bonds is 5. The van der Waals surface area contributed by atoms with Crippen LogP contribution in [0.15, 0.2) is 12.2 Å². The number of carbonyl (C=O) groups excluding carboxylic acids is 1. The van der Waals surface area contributed by atoms with Gasteiger partial charge >= 0.3 is 11.9 Å². The van der Waals surface area contributed by atoms with Crippen LogP contribution in [-0.2, 0) is 14.3 Å². The molecule has 5 heteroatoms. The van der Waals surface area contributed by atoms with Gasteiger partial charge in [0.15, 0.2) is 0 Å². The second kappa shape index (κ2) is 5.50. The predicted octanol–water partition coefficient (Wildman–Crippen LogP) is 0.265. The molecular formula is C10H15NO4. The Balaban J connectivity index is 2.44. The van der Waals surface area contributed by atoms with Crippen molar-refractivity contribution in [3.63, 3.8) is 0 Å². The molecule has 1 atom stereocenters. The van der Waals surface area contributed by atoms with Crippen LogP contribution >= 0.6 is 0 Å². The second-order valence-corrected chi connectivity index (χ2v) is 3.39. The molecule has 15 heavy (non-hydrogen) atoms. The Morgan fingerprint density at radius 1 is 1.47 bits per heavy atom. The molecule has 1 N–H and O–H groups in total. The highest BCUT2D eigenvalue weighted by Crippen LogP contribution is 2.11. The summed E-state index contributed by atoms with van der Waals surface area (Å²) < 4.78 is 4.48. The highest BCUT2D eigenvalue weighted by atomic mass is 16.5. The zero-order chi connectivity index (χ0) is 11.3. The van der Waals surface area contributed by atoms with E-state index in [-0.39, 0.29) is 12.4 Å². The molecule has 0 aromatic carbocycles. The van der Waals surface area contributed by atoms with Gasteiger partial charge in [0.1, 0.15) is 6.04 Å². The normalized spacial score (nSPS) is 17.7. The summed E-state index contributed by atoms with van der Waals surface area (Å²) in [6, 6.07) is -0.598. The molecule has 0 aromatic heterocycles. The van der Waals surface area contributed by atoms with E-state index in [0.29, 0.717) is 19.5 Å². The van der Waals surface area contributed by atoms with Crippen LogP contribution in [0.4, 0.5) is 0 Å². The molecule has 1 aliphatic rings. The Kier molecular flexibility index (Phi) is 4.30. The lowest BCUT2D eigenvalue weighted by molar-refractivity contribution is -0.144. The van der Waals surface area contributed by atoms with Gasteiger partial charge in [-0.3, -0.25) is 14.5 Å². The Labute approximate surface area is 88.3 Å². The summed E-state index contributed by atoms with van der Waals surface area (Å²) in [6.07, 6.45) is 4.29. The van der Waals surface area contributed by atoms with E-state index in [1.54, 1.807) is 0 Å². The number of carbonyl (C=O) groups is 2. The van der Waals surface area contributed by atoms with Crippen molar-refractivity contribution < 1.29 is 19.4 Å². The van der Waals surface area contributed by atoms with Crippen LogP contribution in [0.2, 0.25) is 0 Å². The molecule has 1 unspecified atom stereocenters. The third-order valence-electron chi connectivity index (χ3n) is 2.42. The molecule has 0 spiro atoms. The Morgan fingerprint density at radius 3 is 2.53 bits per heavy atom. The number of hydrogen-bond acceptors (Lipinski definition) is 4. The van der Waals surface area contributed by atoms with Crippen molar-refractivity contribution in [3.05, 3.63) is 12.2 Å². The van der Waals surface area contributed by atoms with Gasteiger partial charge in [0.05, 0.1) is 7.11 Å². The average Bonchev–Trinajstić information content (AvgIpc) is 2.70. The third-order valence-corrected chi connectivity index (χ3v) is 2.42. The number of methoxy groups -OCH3 is 1. The van der Waals surface area contributed by atoms with Gasteiger partial charge in [-0.25, -0.2) is 0 Å². The summed E-state index contributed by atoms with van der Waals surface area (Å²) in [5.41, 5.74) is 0. The van der Waals surface area contributed by atoms with Crippen molar-refractivity contribution in [1.82, 2.24) is 4.90 Å². The highest BCUT2D eigenvalue weighted by molar-refractivity contribution is 5.75. The fourth-order valence-corrected chi connectivity index (χ4v) is 1.57. The molecule has 0 radical (unpaired) electrons. The third kappa shape index (κ3) is 3.36. The SMILES string of the molecule is COC(=O)CCC(C(=O)O)N1CC=CC1. The van der Waals surface area contributed by atoms with Crippen LogP contribution in [0.3, 0.4) is 0 Å². The van der Waals surface area contributed by atoms with Crippen molar-refractivity contribution in [3.8, 4) is 0 Å². The van der Waals surface area contributed by atoms with Crippen LogP contribution in [0.1, 0.15) is 12.8 Å². The molecule has 0 aliphatic carbocycles. The van der Waals surface area contributed by atoms with Crippen molar-refractivity contribution in [2.75, 3.05) is 20.2 Å². The first kappa shape index (κ1) is 11.7. The molecule has 0 fully saturated rings. The topological polar surface area (TPSA) is 66.8 Å². The lowest BCUT2D eigenvalue weighted by Gasteiger charge is -2.23. The summed E-state index contributed by atoms with van der Waals surface area (Å²) in [7, 11) is 1.30. The van der Waals surface area contributed by atoms with Crippen molar-refractivity contribution in [1.29, 1.82) is 0 Å². The molecule has 0 bridgehead atoms. The van der Waals surface area contributed by atoms with Gasteiger partial charge in [0.2, 0.25) is 0 Å². The van der Waals surface area contributed by atoms with E-state index in [4.69, 9.17) is 5.11 Å². The lowest BCUT2D eigenvalue weighted by Crippen LogP contribution is -2.39. The summed E-state index contributed by atoms with van der Waals surface area (Å²) >= 11 is 0. The molecule has 1 aliphatic heterocycles. The number of nitrogens with zero attached hydrogens (tertiary/aromatic N) is 1. The molecule has 5 nitrogen and oxygen atoms in total. The standard InChI is InChI=1S/C10H15NO4/c1-15-9(12)5-4-8(10(13)14)11-6-2-3-7-11/h2-3,8H,4-7H2,1H3,(H,13,14). The van der Waals surface area contributed by atoms with Gasteiger partial charge < -0.3 is 9.84 Å². The number of esters is 1. The molecule has 84 valence electrons. The number of ether oxygens (including phenoxy) is 1. The summed E-state index contributed by atoms with van der Waals surface area (Å²) in [5.74, 6) is -1.25. The van der Waals surface area contributed by atoms with E-state index in [0.717, 1.165) is 0 Å². The van der Waals surface area contributed by atoms with Crippen LogP contribution in [0.25, 0.3) is 0 Å². The van der Waals surface area contributed by atoms with Crippen LogP contribution in [0, 0.1) is 0 Å². The molecule has 1 heterocycles. The minimum atomic E-state index is -0.886. The first-order chi connectivity index (χ1) is 7.15. The van der Waals surface area contributed by atoms with E-state index < -0.39 is 12.0 Å². The maximum Gasteiger partial charge on any atom is 0.320 e. The molecule has 1 rings (SSSR count). The first-order valence-electron chi connectivity index (χ1n) is 4.84. The summed E-state index contributed by atoms with van der Waals surface area (Å²) in [4.78, 5) is 23.7.